The number of hydrogen-bond acceptors (Lipinski definition) is 5. The van der Waals surface area contributed by atoms with Gasteiger partial charge in [-0.3, -0.25) is 0 Å². The molecule has 0 unspecified atom stereocenters. The van der Waals surface area contributed by atoms with Crippen LogP contribution in [0.25, 0.3) is 0 Å². The SMILES string of the molecule is COC(=O)c1ccc(N2CCN[C@H](C)C2)nc1. The molecule has 0 radical (unpaired) electrons. The number of piperazine rings is 1. The Morgan fingerprint density at radius 1 is 1.59 bits per heavy atom. The molecule has 17 heavy (non-hydrogen) atoms. The van der Waals surface area contributed by atoms with Crippen LogP contribution in [-0.4, -0.2) is 43.7 Å². The quantitative estimate of drug-likeness (QED) is 0.763. The monoisotopic (exact) mass is 235 g/mol. The maximum absolute atomic E-state index is 11.3. The summed E-state index contributed by atoms with van der Waals surface area (Å²) in [4.78, 5) is 17.8. The molecule has 0 bridgehead atoms. The van der Waals surface area contributed by atoms with Crippen LogP contribution in [0, 0.1) is 0 Å². The van der Waals surface area contributed by atoms with E-state index in [-0.39, 0.29) is 5.97 Å². The highest BCUT2D eigenvalue weighted by molar-refractivity contribution is 5.89. The summed E-state index contributed by atoms with van der Waals surface area (Å²) in [5, 5.41) is 3.38. The molecule has 2 heterocycles. The van der Waals surface area contributed by atoms with Gasteiger partial charge < -0.3 is 15.0 Å². The number of ether oxygens (including phenoxy) is 1. The zero-order valence-electron chi connectivity index (χ0n) is 10.1. The fourth-order valence-corrected chi connectivity index (χ4v) is 1.95. The summed E-state index contributed by atoms with van der Waals surface area (Å²) < 4.78 is 4.64. The van der Waals surface area contributed by atoms with Gasteiger partial charge in [-0.05, 0) is 19.1 Å². The zero-order chi connectivity index (χ0) is 12.3. The molecule has 2 rings (SSSR count). The van der Waals surface area contributed by atoms with Crippen LogP contribution >= 0.6 is 0 Å². The summed E-state index contributed by atoms with van der Waals surface area (Å²) in [5.41, 5.74) is 0.486. The number of esters is 1. The lowest BCUT2D eigenvalue weighted by Crippen LogP contribution is -2.49. The molecule has 0 saturated carbocycles. The Balaban J connectivity index is 2.09. The van der Waals surface area contributed by atoms with Gasteiger partial charge in [0.2, 0.25) is 0 Å². The van der Waals surface area contributed by atoms with Crippen LogP contribution in [0.5, 0.6) is 0 Å². The number of carbonyl (C=O) groups excluding carboxylic acids is 1. The molecule has 5 nitrogen and oxygen atoms in total. The van der Waals surface area contributed by atoms with Crippen molar-refractivity contribution < 1.29 is 9.53 Å². The van der Waals surface area contributed by atoms with Crippen molar-refractivity contribution in [1.29, 1.82) is 0 Å². The summed E-state index contributed by atoms with van der Waals surface area (Å²) in [6, 6.07) is 4.08. The van der Waals surface area contributed by atoms with Crippen LogP contribution in [-0.2, 0) is 4.74 Å². The first-order chi connectivity index (χ1) is 8.20. The molecule has 1 aromatic heterocycles. The maximum atomic E-state index is 11.3. The zero-order valence-corrected chi connectivity index (χ0v) is 10.1. The molecular formula is C12H17N3O2. The van der Waals surface area contributed by atoms with Gasteiger partial charge in [-0.25, -0.2) is 9.78 Å². The molecule has 92 valence electrons. The van der Waals surface area contributed by atoms with Gasteiger partial charge in [0.1, 0.15) is 5.82 Å². The lowest BCUT2D eigenvalue weighted by atomic mass is 10.2. The van der Waals surface area contributed by atoms with Crippen molar-refractivity contribution >= 4 is 11.8 Å². The average Bonchev–Trinajstić information content (AvgIpc) is 2.38. The third-order valence-electron chi connectivity index (χ3n) is 2.86. The van der Waals surface area contributed by atoms with Gasteiger partial charge in [0.25, 0.3) is 0 Å². The minimum absolute atomic E-state index is 0.349. The number of rotatable bonds is 2. The fourth-order valence-electron chi connectivity index (χ4n) is 1.95. The number of pyridine rings is 1. The first kappa shape index (κ1) is 11.9. The molecule has 0 spiro atoms. The van der Waals surface area contributed by atoms with Crippen LogP contribution in [0.2, 0.25) is 0 Å². The van der Waals surface area contributed by atoms with E-state index in [1.807, 2.05) is 6.07 Å². The van der Waals surface area contributed by atoms with E-state index in [0.29, 0.717) is 11.6 Å². The first-order valence-electron chi connectivity index (χ1n) is 5.73. The third kappa shape index (κ3) is 2.74. The summed E-state index contributed by atoms with van der Waals surface area (Å²) in [6.45, 7) is 4.98. The molecule has 1 saturated heterocycles. The Hall–Kier alpha value is -1.62. The number of carbonyl (C=O) groups is 1. The Morgan fingerprint density at radius 3 is 3.00 bits per heavy atom. The lowest BCUT2D eigenvalue weighted by molar-refractivity contribution is 0.0600. The molecule has 0 aromatic carbocycles. The maximum Gasteiger partial charge on any atom is 0.339 e. The normalized spacial score (nSPS) is 20.1. The van der Waals surface area contributed by atoms with Gasteiger partial charge in [-0.2, -0.15) is 0 Å². The van der Waals surface area contributed by atoms with Gasteiger partial charge in [0.15, 0.2) is 0 Å². The fraction of sp³-hybridized carbons (Fsp3) is 0.500. The van der Waals surface area contributed by atoms with E-state index in [1.165, 1.54) is 7.11 Å². The van der Waals surface area contributed by atoms with Crippen LogP contribution in [0.15, 0.2) is 18.3 Å². The summed E-state index contributed by atoms with van der Waals surface area (Å²) in [6.07, 6.45) is 1.56. The minimum atomic E-state index is -0.349. The summed E-state index contributed by atoms with van der Waals surface area (Å²) in [7, 11) is 1.37. The second kappa shape index (κ2) is 5.14. The average molecular weight is 235 g/mol. The molecule has 1 aromatic rings. The largest absolute Gasteiger partial charge is 0.465 e. The lowest BCUT2D eigenvalue weighted by Gasteiger charge is -2.32. The molecule has 1 atom stereocenters. The Morgan fingerprint density at radius 2 is 2.41 bits per heavy atom. The number of nitrogens with one attached hydrogen (secondary N) is 1. The van der Waals surface area contributed by atoms with Crippen molar-refractivity contribution in [3.05, 3.63) is 23.9 Å². The van der Waals surface area contributed by atoms with Crippen molar-refractivity contribution in [1.82, 2.24) is 10.3 Å². The highest BCUT2D eigenvalue weighted by Crippen LogP contribution is 2.13. The van der Waals surface area contributed by atoms with E-state index in [4.69, 9.17) is 0 Å². The second-order valence-corrected chi connectivity index (χ2v) is 4.20. The van der Waals surface area contributed by atoms with Crippen molar-refractivity contribution in [2.24, 2.45) is 0 Å². The topological polar surface area (TPSA) is 54.5 Å². The van der Waals surface area contributed by atoms with Gasteiger partial charge in [0, 0.05) is 31.9 Å². The predicted molar refractivity (Wildman–Crippen MR) is 65.3 cm³/mol. The molecule has 1 aliphatic rings. The first-order valence-corrected chi connectivity index (χ1v) is 5.73. The van der Waals surface area contributed by atoms with Gasteiger partial charge in [-0.1, -0.05) is 0 Å². The van der Waals surface area contributed by atoms with Gasteiger partial charge in [-0.15, -0.1) is 0 Å². The van der Waals surface area contributed by atoms with Crippen LogP contribution < -0.4 is 10.2 Å². The van der Waals surface area contributed by atoms with Crippen molar-refractivity contribution in [3.8, 4) is 0 Å². The highest BCUT2D eigenvalue weighted by Gasteiger charge is 2.17. The van der Waals surface area contributed by atoms with Crippen molar-refractivity contribution in [3.63, 3.8) is 0 Å². The van der Waals surface area contributed by atoms with E-state index in [9.17, 15) is 4.79 Å². The molecule has 0 aliphatic carbocycles. The minimum Gasteiger partial charge on any atom is -0.465 e. The Bertz CT molecular complexity index is 391. The number of methoxy groups -OCH3 is 1. The number of nitrogens with zero attached hydrogens (tertiary/aromatic N) is 2. The standard InChI is InChI=1S/C12H17N3O2/c1-9-8-15(6-5-13-9)11-4-3-10(7-14-11)12(16)17-2/h3-4,7,9,13H,5-6,8H2,1-2H3/t9-/m1/s1. The van der Waals surface area contributed by atoms with E-state index in [2.05, 4.69) is 26.9 Å². The smallest absolute Gasteiger partial charge is 0.339 e. The van der Waals surface area contributed by atoms with E-state index in [0.717, 1.165) is 25.5 Å². The van der Waals surface area contributed by atoms with Gasteiger partial charge in [0.05, 0.1) is 12.7 Å². The molecule has 0 amide bonds. The third-order valence-corrected chi connectivity index (χ3v) is 2.86. The Labute approximate surface area is 101 Å². The van der Waals surface area contributed by atoms with Gasteiger partial charge >= 0.3 is 5.97 Å². The predicted octanol–water partition coefficient (Wildman–Crippen LogP) is 0.666. The van der Waals surface area contributed by atoms with Crippen LogP contribution in [0.3, 0.4) is 0 Å². The Kier molecular flexibility index (Phi) is 3.58. The van der Waals surface area contributed by atoms with Crippen molar-refractivity contribution in [2.75, 3.05) is 31.6 Å². The molecular weight excluding hydrogens is 218 g/mol. The van der Waals surface area contributed by atoms with Crippen molar-refractivity contribution in [2.45, 2.75) is 13.0 Å². The summed E-state index contributed by atoms with van der Waals surface area (Å²) >= 11 is 0. The molecule has 1 N–H and O–H groups in total. The molecule has 5 heteroatoms. The number of anilines is 1. The second-order valence-electron chi connectivity index (χ2n) is 4.20. The number of aromatic nitrogens is 1. The molecule has 1 aliphatic heterocycles. The highest BCUT2D eigenvalue weighted by atomic mass is 16.5. The number of hydrogen-bond donors (Lipinski definition) is 1. The van der Waals surface area contributed by atoms with E-state index in [1.54, 1.807) is 12.3 Å². The van der Waals surface area contributed by atoms with E-state index >= 15 is 0 Å². The van der Waals surface area contributed by atoms with Crippen LogP contribution in [0.4, 0.5) is 5.82 Å². The summed E-state index contributed by atoms with van der Waals surface area (Å²) in [5.74, 6) is 0.559. The molecule has 1 fully saturated rings. The van der Waals surface area contributed by atoms with E-state index < -0.39 is 0 Å². The van der Waals surface area contributed by atoms with Crippen LogP contribution in [0.1, 0.15) is 17.3 Å².